The lowest BCUT2D eigenvalue weighted by atomic mass is 9.82. The number of para-hydroxylation sites is 1. The molecule has 1 unspecified atom stereocenters. The van der Waals surface area contributed by atoms with Gasteiger partial charge in [-0.15, -0.1) is 0 Å². The molecular formula is C22H34O4. The zero-order valence-corrected chi connectivity index (χ0v) is 17.1. The predicted molar refractivity (Wildman–Crippen MR) is 104 cm³/mol. The fourth-order valence-corrected chi connectivity index (χ4v) is 3.07. The monoisotopic (exact) mass is 362 g/mol. The number of esters is 2. The molecule has 0 spiro atoms. The summed E-state index contributed by atoms with van der Waals surface area (Å²) in [4.78, 5) is 26.0. The molecule has 0 aliphatic carbocycles. The number of rotatable bonds is 10. The third kappa shape index (κ3) is 5.09. The van der Waals surface area contributed by atoms with Crippen LogP contribution in [0.25, 0.3) is 0 Å². The molecule has 0 fully saturated rings. The van der Waals surface area contributed by atoms with Crippen molar-refractivity contribution in [1.82, 2.24) is 0 Å². The van der Waals surface area contributed by atoms with Crippen molar-refractivity contribution in [2.24, 2.45) is 11.3 Å². The summed E-state index contributed by atoms with van der Waals surface area (Å²) in [5.74, 6) is -0.253. The van der Waals surface area contributed by atoms with Crippen molar-refractivity contribution in [1.29, 1.82) is 0 Å². The summed E-state index contributed by atoms with van der Waals surface area (Å²) in [6, 6.07) is 7.44. The van der Waals surface area contributed by atoms with E-state index in [0.29, 0.717) is 18.6 Å². The van der Waals surface area contributed by atoms with Gasteiger partial charge in [0.25, 0.3) is 0 Å². The molecule has 4 heteroatoms. The van der Waals surface area contributed by atoms with Gasteiger partial charge in [-0.3, -0.25) is 9.59 Å². The van der Waals surface area contributed by atoms with Crippen LogP contribution in [0.4, 0.5) is 0 Å². The van der Waals surface area contributed by atoms with Crippen LogP contribution in [0.15, 0.2) is 24.3 Å². The largest absolute Gasteiger partial charge is 0.461 e. The molecule has 1 aromatic rings. The average Bonchev–Trinajstić information content (AvgIpc) is 2.63. The highest BCUT2D eigenvalue weighted by Gasteiger charge is 2.47. The summed E-state index contributed by atoms with van der Waals surface area (Å²) in [5.41, 5.74) is -0.316. The summed E-state index contributed by atoms with van der Waals surface area (Å²) in [6.07, 6.45) is 3.00. The number of hydrogen-bond donors (Lipinski definition) is 0. The van der Waals surface area contributed by atoms with Crippen LogP contribution < -0.4 is 4.74 Å². The minimum atomic E-state index is -1.26. The molecule has 0 amide bonds. The second-order valence-electron chi connectivity index (χ2n) is 7.12. The highest BCUT2D eigenvalue weighted by Crippen LogP contribution is 2.33. The Bertz CT molecular complexity index is 588. The van der Waals surface area contributed by atoms with Crippen molar-refractivity contribution >= 4 is 11.9 Å². The average molecular weight is 363 g/mol. The number of carbonyl (C=O) groups is 2. The van der Waals surface area contributed by atoms with Gasteiger partial charge in [0.15, 0.2) is 5.41 Å². The predicted octanol–water partition coefficient (Wildman–Crippen LogP) is 5.33. The quantitative estimate of drug-likeness (QED) is 0.321. The van der Waals surface area contributed by atoms with Crippen molar-refractivity contribution in [2.75, 3.05) is 0 Å². The Morgan fingerprint density at radius 3 is 2.12 bits per heavy atom. The molecule has 0 bridgehead atoms. The number of carbonyl (C=O) groups excluding carboxylic acids is 2. The molecule has 1 rings (SSSR count). The molecular weight excluding hydrogens is 328 g/mol. The number of aryl methyl sites for hydroxylation is 1. The second-order valence-corrected chi connectivity index (χ2v) is 7.12. The van der Waals surface area contributed by atoms with Crippen LogP contribution in [-0.2, 0) is 20.7 Å². The smallest absolute Gasteiger partial charge is 0.328 e. The Balaban J connectivity index is 3.06. The molecule has 0 radical (unpaired) electrons. The van der Waals surface area contributed by atoms with Gasteiger partial charge in [0.05, 0.1) is 0 Å². The molecule has 146 valence electrons. The van der Waals surface area contributed by atoms with E-state index in [1.54, 1.807) is 6.07 Å². The highest BCUT2D eigenvalue weighted by molar-refractivity contribution is 6.00. The van der Waals surface area contributed by atoms with Crippen LogP contribution >= 0.6 is 0 Å². The third-order valence-corrected chi connectivity index (χ3v) is 5.12. The van der Waals surface area contributed by atoms with E-state index in [2.05, 4.69) is 6.92 Å². The zero-order valence-electron chi connectivity index (χ0n) is 17.1. The minimum absolute atomic E-state index is 0.180. The van der Waals surface area contributed by atoms with Gasteiger partial charge in [-0.2, -0.15) is 0 Å². The van der Waals surface area contributed by atoms with E-state index >= 15 is 0 Å². The van der Waals surface area contributed by atoms with Crippen molar-refractivity contribution < 1.29 is 19.1 Å². The molecule has 0 saturated heterocycles. The van der Waals surface area contributed by atoms with Gasteiger partial charge in [-0.05, 0) is 43.2 Å². The molecule has 1 aromatic carbocycles. The molecule has 0 heterocycles. The van der Waals surface area contributed by atoms with E-state index in [9.17, 15) is 9.59 Å². The summed E-state index contributed by atoms with van der Waals surface area (Å²) in [7, 11) is 0. The topological polar surface area (TPSA) is 52.6 Å². The Morgan fingerprint density at radius 2 is 1.62 bits per heavy atom. The lowest BCUT2D eigenvalue weighted by molar-refractivity contribution is -0.174. The summed E-state index contributed by atoms with van der Waals surface area (Å²) in [6.45, 7) is 11.8. The molecule has 0 saturated carbocycles. The van der Waals surface area contributed by atoms with Gasteiger partial charge in [-0.25, -0.2) is 0 Å². The molecule has 0 aliphatic heterocycles. The van der Waals surface area contributed by atoms with Crippen molar-refractivity contribution in [3.8, 4) is 5.75 Å². The van der Waals surface area contributed by atoms with Gasteiger partial charge < -0.3 is 9.47 Å². The van der Waals surface area contributed by atoms with Gasteiger partial charge in [0.1, 0.15) is 11.9 Å². The number of ether oxygens (including phenoxy) is 2. The van der Waals surface area contributed by atoms with Crippen LogP contribution in [0.5, 0.6) is 5.75 Å². The van der Waals surface area contributed by atoms with Crippen molar-refractivity contribution in [3.05, 3.63) is 29.8 Å². The zero-order chi connectivity index (χ0) is 19.7. The normalized spacial score (nSPS) is 12.7. The van der Waals surface area contributed by atoms with E-state index in [1.165, 1.54) is 0 Å². The fraction of sp³-hybridized carbons (Fsp3) is 0.636. The Hall–Kier alpha value is -1.84. The van der Waals surface area contributed by atoms with E-state index in [1.807, 2.05) is 52.8 Å². The first-order valence-electron chi connectivity index (χ1n) is 9.87. The third-order valence-electron chi connectivity index (χ3n) is 5.12. The standard InChI is InChI=1S/C22H34O4/c1-7-13-18(16(5)6)25-20(23)22(9-3,10-4)21(24)26-19-15-12-11-14-17(19)8-2/h11-12,14-16,18H,7-10,13H2,1-6H3. The van der Waals surface area contributed by atoms with Gasteiger partial charge >= 0.3 is 11.9 Å². The van der Waals surface area contributed by atoms with Gasteiger partial charge in [0, 0.05) is 0 Å². The van der Waals surface area contributed by atoms with Gasteiger partial charge in [0.2, 0.25) is 0 Å². The summed E-state index contributed by atoms with van der Waals surface area (Å²) >= 11 is 0. The maximum atomic E-state index is 13.0. The second kappa shape index (κ2) is 10.3. The van der Waals surface area contributed by atoms with Gasteiger partial charge in [-0.1, -0.05) is 66.2 Å². The molecule has 0 aliphatic rings. The van der Waals surface area contributed by atoms with Crippen molar-refractivity contribution in [3.63, 3.8) is 0 Å². The maximum Gasteiger partial charge on any atom is 0.328 e. The first-order chi connectivity index (χ1) is 12.4. The molecule has 26 heavy (non-hydrogen) atoms. The Labute approximate surface area is 158 Å². The maximum absolute atomic E-state index is 13.0. The number of hydrogen-bond acceptors (Lipinski definition) is 4. The molecule has 0 aromatic heterocycles. The summed E-state index contributed by atoms with van der Waals surface area (Å²) in [5, 5.41) is 0. The first-order valence-corrected chi connectivity index (χ1v) is 9.87. The van der Waals surface area contributed by atoms with E-state index in [4.69, 9.17) is 9.47 Å². The lowest BCUT2D eigenvalue weighted by Crippen LogP contribution is -2.44. The molecule has 4 nitrogen and oxygen atoms in total. The van der Waals surface area contributed by atoms with E-state index in [-0.39, 0.29) is 12.0 Å². The van der Waals surface area contributed by atoms with Crippen LogP contribution in [-0.4, -0.2) is 18.0 Å². The van der Waals surface area contributed by atoms with Crippen molar-refractivity contribution in [2.45, 2.75) is 79.8 Å². The van der Waals surface area contributed by atoms with Crippen LogP contribution in [0.3, 0.4) is 0 Å². The fourth-order valence-electron chi connectivity index (χ4n) is 3.07. The van der Waals surface area contributed by atoms with Crippen LogP contribution in [0, 0.1) is 11.3 Å². The van der Waals surface area contributed by atoms with E-state index < -0.39 is 17.4 Å². The Kier molecular flexibility index (Phi) is 8.83. The summed E-state index contributed by atoms with van der Waals surface area (Å²) < 4.78 is 11.4. The SMILES string of the molecule is CCCC(OC(=O)C(CC)(CC)C(=O)Oc1ccccc1CC)C(C)C. The minimum Gasteiger partial charge on any atom is -0.461 e. The van der Waals surface area contributed by atoms with E-state index in [0.717, 1.165) is 24.8 Å². The molecule has 1 atom stereocenters. The highest BCUT2D eigenvalue weighted by atomic mass is 16.6. The Morgan fingerprint density at radius 1 is 1.00 bits per heavy atom. The van der Waals surface area contributed by atoms with Crippen LogP contribution in [0.2, 0.25) is 0 Å². The lowest BCUT2D eigenvalue weighted by Gasteiger charge is -2.30. The molecule has 0 N–H and O–H groups in total. The van der Waals surface area contributed by atoms with Crippen LogP contribution in [0.1, 0.15) is 72.8 Å². The first kappa shape index (κ1) is 22.2. The number of benzene rings is 1.